The Hall–Kier alpha value is -3.58. The van der Waals surface area contributed by atoms with Crippen LogP contribution in [-0.2, 0) is 4.79 Å². The van der Waals surface area contributed by atoms with Gasteiger partial charge in [-0.3, -0.25) is 0 Å². The maximum absolute atomic E-state index is 10.9. The van der Waals surface area contributed by atoms with Crippen molar-refractivity contribution in [2.75, 3.05) is 0 Å². The second-order valence-corrected chi connectivity index (χ2v) is 5.51. The van der Waals surface area contributed by atoms with E-state index < -0.39 is 5.97 Å². The van der Waals surface area contributed by atoms with Gasteiger partial charge in [-0.1, -0.05) is 54.6 Å². The predicted molar refractivity (Wildman–Crippen MR) is 97.7 cm³/mol. The van der Waals surface area contributed by atoms with Crippen LogP contribution in [0.1, 0.15) is 6.92 Å². The number of fused-ring (bicyclic) bond motifs is 1. The van der Waals surface area contributed by atoms with E-state index in [9.17, 15) is 4.79 Å². The highest BCUT2D eigenvalue weighted by atomic mass is 16.5. The van der Waals surface area contributed by atoms with Crippen LogP contribution in [0, 0.1) is 6.57 Å². The minimum atomic E-state index is -1.05. The number of hydrogen-bond acceptors (Lipinski definition) is 2. The summed E-state index contributed by atoms with van der Waals surface area (Å²) in [6, 6.07) is 19.0. The number of nitrogens with zero attached hydrogens (tertiary/aromatic N) is 1. The molecule has 0 aliphatic rings. The van der Waals surface area contributed by atoms with Crippen molar-refractivity contribution < 1.29 is 14.6 Å². The summed E-state index contributed by atoms with van der Waals surface area (Å²) in [5.74, 6) is -0.188. The third kappa shape index (κ3) is 3.51. The Kier molecular flexibility index (Phi) is 4.49. The monoisotopic (exact) mass is 329 g/mol. The molecule has 3 rings (SSSR count). The van der Waals surface area contributed by atoms with Crippen molar-refractivity contribution in [2.45, 2.75) is 6.92 Å². The summed E-state index contributed by atoms with van der Waals surface area (Å²) in [7, 11) is 0. The second-order valence-electron chi connectivity index (χ2n) is 5.51. The lowest BCUT2D eigenvalue weighted by Gasteiger charge is -2.15. The molecule has 0 spiro atoms. The zero-order chi connectivity index (χ0) is 17.8. The van der Waals surface area contributed by atoms with Crippen LogP contribution in [-0.4, -0.2) is 11.1 Å². The van der Waals surface area contributed by atoms with E-state index in [1.54, 1.807) is 19.1 Å². The van der Waals surface area contributed by atoms with Gasteiger partial charge in [0, 0.05) is 5.56 Å². The molecule has 0 aromatic heterocycles. The molecule has 0 bridgehead atoms. The summed E-state index contributed by atoms with van der Waals surface area (Å²) in [4.78, 5) is 14.3. The van der Waals surface area contributed by atoms with E-state index >= 15 is 0 Å². The van der Waals surface area contributed by atoms with Gasteiger partial charge in [0.1, 0.15) is 11.5 Å². The average molecular weight is 329 g/mol. The predicted octanol–water partition coefficient (Wildman–Crippen LogP) is 5.42. The van der Waals surface area contributed by atoms with Gasteiger partial charge >= 0.3 is 5.97 Å². The molecule has 0 heterocycles. The van der Waals surface area contributed by atoms with E-state index in [0.29, 0.717) is 17.2 Å². The van der Waals surface area contributed by atoms with Gasteiger partial charge in [-0.2, -0.15) is 0 Å². The van der Waals surface area contributed by atoms with Crippen molar-refractivity contribution >= 4 is 22.4 Å². The van der Waals surface area contributed by atoms with Crippen LogP contribution >= 0.6 is 0 Å². The Labute approximate surface area is 145 Å². The molecule has 0 saturated carbocycles. The third-order valence-corrected chi connectivity index (χ3v) is 3.77. The van der Waals surface area contributed by atoms with Gasteiger partial charge in [0.05, 0.1) is 12.6 Å². The number of carbonyl (C=O) groups is 1. The highest BCUT2D eigenvalue weighted by Gasteiger charge is 2.12. The summed E-state index contributed by atoms with van der Waals surface area (Å²) in [5, 5.41) is 10.9. The molecule has 3 aromatic rings. The van der Waals surface area contributed by atoms with Crippen molar-refractivity contribution in [3.05, 3.63) is 83.9 Å². The van der Waals surface area contributed by atoms with Gasteiger partial charge in [-0.15, -0.1) is 0 Å². The molecule has 0 aliphatic heterocycles. The maximum Gasteiger partial charge on any atom is 0.331 e. The van der Waals surface area contributed by atoms with E-state index in [2.05, 4.69) is 4.85 Å². The molecular formula is C21H15NO3. The molecule has 0 aliphatic carbocycles. The lowest BCUT2D eigenvalue weighted by Crippen LogP contribution is -1.98. The fourth-order valence-electron chi connectivity index (χ4n) is 2.71. The van der Waals surface area contributed by atoms with Crippen LogP contribution in [0.4, 0.5) is 5.69 Å². The van der Waals surface area contributed by atoms with E-state index in [-0.39, 0.29) is 0 Å². The molecule has 4 nitrogen and oxygen atoms in total. The molecule has 4 heteroatoms. The lowest BCUT2D eigenvalue weighted by molar-refractivity contribution is -0.131. The van der Waals surface area contributed by atoms with Crippen LogP contribution in [0.25, 0.3) is 26.7 Å². The van der Waals surface area contributed by atoms with E-state index in [1.807, 2.05) is 48.5 Å². The topological polar surface area (TPSA) is 50.9 Å². The first-order valence-electron chi connectivity index (χ1n) is 7.67. The number of rotatable bonds is 4. The molecule has 0 atom stereocenters. The second kappa shape index (κ2) is 6.90. The molecular weight excluding hydrogens is 314 g/mol. The number of hydrogen-bond donors (Lipinski definition) is 1. The maximum atomic E-state index is 10.9. The molecule has 0 fully saturated rings. The zero-order valence-electron chi connectivity index (χ0n) is 13.6. The van der Waals surface area contributed by atoms with Crippen molar-refractivity contribution in [3.8, 4) is 16.9 Å². The van der Waals surface area contributed by atoms with Crippen LogP contribution in [0.2, 0.25) is 0 Å². The molecule has 1 N–H and O–H groups in total. The van der Waals surface area contributed by atoms with E-state index in [1.165, 1.54) is 0 Å². The number of carboxylic acid groups (broad SMARTS) is 1. The van der Waals surface area contributed by atoms with Gasteiger partial charge < -0.3 is 9.84 Å². The highest BCUT2D eigenvalue weighted by molar-refractivity contribution is 6.00. The molecule has 0 radical (unpaired) electrons. The van der Waals surface area contributed by atoms with E-state index in [0.717, 1.165) is 28.0 Å². The number of carboxylic acids is 1. The summed E-state index contributed by atoms with van der Waals surface area (Å²) in [6.07, 6.45) is 1.03. The summed E-state index contributed by atoms with van der Waals surface area (Å²) in [6.45, 7) is 8.69. The van der Waals surface area contributed by atoms with Crippen molar-refractivity contribution in [2.24, 2.45) is 0 Å². The number of aliphatic carboxylic acids is 1. The molecule has 0 saturated heterocycles. The highest BCUT2D eigenvalue weighted by Crippen LogP contribution is 2.38. The summed E-state index contributed by atoms with van der Waals surface area (Å²) in [5.41, 5.74) is 2.34. The molecule has 25 heavy (non-hydrogen) atoms. The van der Waals surface area contributed by atoms with Gasteiger partial charge in [0.15, 0.2) is 5.69 Å². The molecule has 122 valence electrons. The molecule has 0 amide bonds. The van der Waals surface area contributed by atoms with Crippen LogP contribution < -0.4 is 4.74 Å². The van der Waals surface area contributed by atoms with E-state index in [4.69, 9.17) is 16.4 Å². The first kappa shape index (κ1) is 16.3. The minimum Gasteiger partial charge on any atom is -0.478 e. The number of allylic oxidation sites excluding steroid dienone is 1. The molecule has 0 unspecified atom stereocenters. The molecule has 3 aromatic carbocycles. The average Bonchev–Trinajstić information content (AvgIpc) is 2.61. The smallest absolute Gasteiger partial charge is 0.331 e. The van der Waals surface area contributed by atoms with Gasteiger partial charge in [0.25, 0.3) is 0 Å². The lowest BCUT2D eigenvalue weighted by atomic mass is 9.97. The number of benzene rings is 3. The summed E-state index contributed by atoms with van der Waals surface area (Å²) >= 11 is 0. The number of ether oxygens (including phenoxy) is 1. The Balaban J connectivity index is 2.19. The van der Waals surface area contributed by atoms with Gasteiger partial charge in [-0.05, 0) is 29.3 Å². The van der Waals surface area contributed by atoms with Crippen LogP contribution in [0.5, 0.6) is 5.75 Å². The van der Waals surface area contributed by atoms with Gasteiger partial charge in [0.2, 0.25) is 0 Å². The Morgan fingerprint density at radius 2 is 1.80 bits per heavy atom. The summed E-state index contributed by atoms with van der Waals surface area (Å²) < 4.78 is 5.80. The Morgan fingerprint density at radius 1 is 1.08 bits per heavy atom. The van der Waals surface area contributed by atoms with Crippen molar-refractivity contribution in [1.82, 2.24) is 0 Å². The van der Waals surface area contributed by atoms with Gasteiger partial charge in [-0.25, -0.2) is 9.64 Å². The minimum absolute atomic E-state index is 0.293. The van der Waals surface area contributed by atoms with Crippen molar-refractivity contribution in [3.63, 3.8) is 0 Å². The SMILES string of the molecule is [C-]#[N+]c1ccc(-c2c(O/C(C)=C/C(=O)O)ccc3ccccc23)cc1. The quantitative estimate of drug-likeness (QED) is 0.395. The Bertz CT molecular complexity index is 1010. The fourth-order valence-corrected chi connectivity index (χ4v) is 2.71. The first-order valence-corrected chi connectivity index (χ1v) is 7.67. The third-order valence-electron chi connectivity index (χ3n) is 3.77. The first-order chi connectivity index (χ1) is 12.1. The standard InChI is InChI=1S/C21H15NO3/c1-14(13-20(23)24)25-19-12-9-15-5-3-4-6-18(15)21(19)16-7-10-17(22-2)11-8-16/h3-13H,1H3,(H,23,24)/b14-13+. The van der Waals surface area contributed by atoms with Crippen LogP contribution in [0.15, 0.2) is 72.5 Å². The largest absolute Gasteiger partial charge is 0.478 e. The van der Waals surface area contributed by atoms with Crippen LogP contribution in [0.3, 0.4) is 0 Å². The van der Waals surface area contributed by atoms with Crippen molar-refractivity contribution in [1.29, 1.82) is 0 Å². The fraction of sp³-hybridized carbons (Fsp3) is 0.0476. The zero-order valence-corrected chi connectivity index (χ0v) is 13.6. The Morgan fingerprint density at radius 3 is 2.48 bits per heavy atom. The normalized spacial score (nSPS) is 11.1.